The second-order valence-corrected chi connectivity index (χ2v) is 8.98. The lowest BCUT2D eigenvalue weighted by molar-refractivity contribution is -0.144. The third kappa shape index (κ3) is 7.37. The molecule has 1 aromatic carbocycles. The molecule has 0 radical (unpaired) electrons. The summed E-state index contributed by atoms with van der Waals surface area (Å²) in [6.07, 6.45) is 2.33. The van der Waals surface area contributed by atoms with E-state index in [0.717, 1.165) is 5.82 Å². The summed E-state index contributed by atoms with van der Waals surface area (Å²) in [5.74, 6) is -2.48. The van der Waals surface area contributed by atoms with Gasteiger partial charge in [0.25, 0.3) is 5.78 Å². The number of aromatic hydroxyl groups is 1. The van der Waals surface area contributed by atoms with Crippen LogP contribution in [-0.4, -0.2) is 52.7 Å². The molecule has 0 amide bonds. The Balaban J connectivity index is 1.72. The van der Waals surface area contributed by atoms with Crippen LogP contribution in [0.2, 0.25) is 0 Å². The molecule has 0 bridgehead atoms. The Morgan fingerprint density at radius 1 is 1.08 bits per heavy atom. The van der Waals surface area contributed by atoms with E-state index in [9.17, 15) is 24.3 Å². The summed E-state index contributed by atoms with van der Waals surface area (Å²) in [7, 11) is 0. The van der Waals surface area contributed by atoms with Gasteiger partial charge in [0, 0.05) is 31.6 Å². The lowest BCUT2D eigenvalue weighted by Crippen LogP contribution is -2.27. The number of anilines is 1. The van der Waals surface area contributed by atoms with Crippen LogP contribution in [0.1, 0.15) is 61.9 Å². The van der Waals surface area contributed by atoms with E-state index in [0.29, 0.717) is 37.3 Å². The molecule has 9 heteroatoms. The van der Waals surface area contributed by atoms with Crippen LogP contribution in [0.15, 0.2) is 36.5 Å². The Bertz CT molecular complexity index is 1100. The van der Waals surface area contributed by atoms with Gasteiger partial charge in [-0.25, -0.2) is 9.78 Å². The van der Waals surface area contributed by atoms with Crippen LogP contribution in [0.5, 0.6) is 11.5 Å². The molecule has 2 atom stereocenters. The molecule has 1 aromatic heterocycles. The van der Waals surface area contributed by atoms with Crippen molar-refractivity contribution in [2.45, 2.75) is 58.5 Å². The number of ether oxygens (including phenoxy) is 2. The Kier molecular flexibility index (Phi) is 9.55. The molecule has 0 unspecified atom stereocenters. The van der Waals surface area contributed by atoms with Gasteiger partial charge in [0.1, 0.15) is 29.0 Å². The van der Waals surface area contributed by atoms with Crippen LogP contribution in [-0.2, 0) is 25.5 Å². The van der Waals surface area contributed by atoms with Crippen molar-refractivity contribution in [1.82, 2.24) is 4.98 Å². The largest absolute Gasteiger partial charge is 0.507 e. The van der Waals surface area contributed by atoms with E-state index in [-0.39, 0.29) is 42.9 Å². The molecule has 3 rings (SSSR count). The quantitative estimate of drug-likeness (QED) is 0.349. The van der Waals surface area contributed by atoms with Gasteiger partial charge in [0.2, 0.25) is 11.6 Å². The lowest BCUT2D eigenvalue weighted by atomic mass is 9.94. The van der Waals surface area contributed by atoms with Crippen molar-refractivity contribution in [1.29, 1.82) is 0 Å². The lowest BCUT2D eigenvalue weighted by Gasteiger charge is -2.22. The molecule has 2 aromatic rings. The molecule has 0 spiro atoms. The normalized spacial score (nSPS) is 19.7. The van der Waals surface area contributed by atoms with Gasteiger partial charge in [0.05, 0.1) is 6.61 Å². The van der Waals surface area contributed by atoms with E-state index < -0.39 is 29.4 Å². The van der Waals surface area contributed by atoms with Gasteiger partial charge >= 0.3 is 5.97 Å². The number of aromatic nitrogens is 1. The van der Waals surface area contributed by atoms with Crippen molar-refractivity contribution >= 4 is 29.1 Å². The van der Waals surface area contributed by atoms with Crippen molar-refractivity contribution in [3.8, 4) is 11.5 Å². The van der Waals surface area contributed by atoms with Gasteiger partial charge in [-0.2, -0.15) is 0 Å². The zero-order chi connectivity index (χ0) is 26.1. The number of ketones is 3. The van der Waals surface area contributed by atoms with Gasteiger partial charge in [-0.1, -0.05) is 13.0 Å². The average Bonchev–Trinajstić information content (AvgIpc) is 2.86. The number of hydrogen-bond donors (Lipinski definition) is 2. The van der Waals surface area contributed by atoms with Crippen LogP contribution in [0.4, 0.5) is 5.82 Å². The number of nitrogens with zero attached hydrogens (tertiary/aromatic N) is 1. The summed E-state index contributed by atoms with van der Waals surface area (Å²) in [4.78, 5) is 53.6. The molecule has 0 aliphatic carbocycles. The Labute approximate surface area is 210 Å². The summed E-state index contributed by atoms with van der Waals surface area (Å²) in [6, 6.07) is 8.59. The van der Waals surface area contributed by atoms with E-state index in [1.54, 1.807) is 26.1 Å². The first-order valence-corrected chi connectivity index (χ1v) is 12.2. The number of phenols is 1. The number of aryl methyl sites for hydroxylation is 1. The van der Waals surface area contributed by atoms with E-state index in [1.807, 2.05) is 18.2 Å². The van der Waals surface area contributed by atoms with E-state index >= 15 is 0 Å². The smallest absolute Gasteiger partial charge is 0.342 e. The molecular formula is C27H32N2O7. The number of Topliss-reactive ketones (excluding diaryl/α,β-unsaturated/α-hetero) is 3. The number of pyridine rings is 1. The van der Waals surface area contributed by atoms with Crippen LogP contribution in [0.25, 0.3) is 0 Å². The van der Waals surface area contributed by atoms with Crippen molar-refractivity contribution in [2.75, 3.05) is 18.5 Å². The molecule has 36 heavy (non-hydrogen) atoms. The minimum atomic E-state index is -0.983. The Morgan fingerprint density at radius 3 is 2.61 bits per heavy atom. The van der Waals surface area contributed by atoms with Gasteiger partial charge in [-0.15, -0.1) is 0 Å². The van der Waals surface area contributed by atoms with E-state index in [2.05, 4.69) is 10.3 Å². The maximum Gasteiger partial charge on any atom is 0.342 e. The highest BCUT2D eigenvalue weighted by Crippen LogP contribution is 2.31. The number of phenolic OH excluding ortho intramolecular Hbond substituents is 1. The van der Waals surface area contributed by atoms with Gasteiger partial charge < -0.3 is 19.9 Å². The fourth-order valence-electron chi connectivity index (χ4n) is 3.88. The van der Waals surface area contributed by atoms with E-state index in [1.165, 1.54) is 6.07 Å². The number of nitrogens with one attached hydrogen (secondary N) is 1. The summed E-state index contributed by atoms with van der Waals surface area (Å²) in [5, 5.41) is 13.9. The minimum absolute atomic E-state index is 0.0186. The molecule has 0 saturated heterocycles. The number of carbonyl (C=O) groups is 4. The van der Waals surface area contributed by atoms with Crippen molar-refractivity contribution < 1.29 is 33.8 Å². The van der Waals surface area contributed by atoms with Crippen molar-refractivity contribution in [3.05, 3.63) is 47.7 Å². The number of esters is 1. The maximum absolute atomic E-state index is 13.0. The molecule has 1 aliphatic heterocycles. The van der Waals surface area contributed by atoms with E-state index in [4.69, 9.17) is 9.47 Å². The highest BCUT2D eigenvalue weighted by atomic mass is 16.5. The predicted octanol–water partition coefficient (Wildman–Crippen LogP) is 3.67. The van der Waals surface area contributed by atoms with Crippen LogP contribution >= 0.6 is 0 Å². The zero-order valence-electron chi connectivity index (χ0n) is 20.6. The van der Waals surface area contributed by atoms with Crippen molar-refractivity contribution in [2.24, 2.45) is 5.92 Å². The SMILES string of the molecule is C[C@@H]1CCC(=O)C(=O)C(=O)CCCc2cc(OCCCNc3ccccn3)cc(O)c2C(=O)O[C@H]1C. The number of carbonyl (C=O) groups excluding carboxylic acids is 4. The standard InChI is InChI=1S/C27H32N2O7/c1-17-10-11-22(31)26(33)21(30)8-5-7-19-15-20(16-23(32)25(19)27(34)36-18(17)2)35-14-6-13-29-24-9-3-4-12-28-24/h3-4,9,12,15-18,32H,5-8,10-11,13-14H2,1-2H3,(H,28,29)/t17-,18+/m1/s1. The third-order valence-electron chi connectivity index (χ3n) is 6.22. The van der Waals surface area contributed by atoms with Crippen LogP contribution < -0.4 is 10.1 Å². The third-order valence-corrected chi connectivity index (χ3v) is 6.22. The Hall–Kier alpha value is -3.75. The highest BCUT2D eigenvalue weighted by molar-refractivity contribution is 6.63. The summed E-state index contributed by atoms with van der Waals surface area (Å²) in [6.45, 7) is 4.47. The summed E-state index contributed by atoms with van der Waals surface area (Å²) < 4.78 is 11.4. The molecule has 9 nitrogen and oxygen atoms in total. The molecule has 0 fully saturated rings. The fourth-order valence-corrected chi connectivity index (χ4v) is 3.88. The van der Waals surface area contributed by atoms with Crippen LogP contribution in [0, 0.1) is 5.92 Å². The first-order valence-electron chi connectivity index (χ1n) is 12.2. The average molecular weight is 497 g/mol. The summed E-state index contributed by atoms with van der Waals surface area (Å²) in [5.41, 5.74) is 0.468. The van der Waals surface area contributed by atoms with Gasteiger partial charge in [-0.05, 0) is 62.3 Å². The van der Waals surface area contributed by atoms with Gasteiger partial charge in [0.15, 0.2) is 0 Å². The number of hydrogen-bond acceptors (Lipinski definition) is 9. The molecule has 192 valence electrons. The second kappa shape index (κ2) is 12.8. The second-order valence-electron chi connectivity index (χ2n) is 8.98. The predicted molar refractivity (Wildman–Crippen MR) is 132 cm³/mol. The van der Waals surface area contributed by atoms with Gasteiger partial charge in [-0.3, -0.25) is 14.4 Å². The number of rotatable bonds is 6. The molecule has 0 saturated carbocycles. The minimum Gasteiger partial charge on any atom is -0.507 e. The maximum atomic E-state index is 13.0. The first-order chi connectivity index (χ1) is 17.3. The topological polar surface area (TPSA) is 132 Å². The molecular weight excluding hydrogens is 464 g/mol. The van der Waals surface area contributed by atoms with Crippen molar-refractivity contribution in [3.63, 3.8) is 0 Å². The fraction of sp³-hybridized carbons (Fsp3) is 0.444. The summed E-state index contributed by atoms with van der Waals surface area (Å²) >= 11 is 0. The molecule has 1 aliphatic rings. The number of benzene rings is 1. The molecule has 2 heterocycles. The van der Waals surface area contributed by atoms with Crippen LogP contribution in [0.3, 0.4) is 0 Å². The number of fused-ring (bicyclic) bond motifs is 1. The first kappa shape index (κ1) is 26.8. The monoisotopic (exact) mass is 496 g/mol. The highest BCUT2D eigenvalue weighted by Gasteiger charge is 2.27. The molecule has 2 N–H and O–H groups in total. The zero-order valence-corrected chi connectivity index (χ0v) is 20.6. The number of cyclic esters (lactones) is 1. The Morgan fingerprint density at radius 2 is 1.86 bits per heavy atom.